The number of aliphatic hydroxyl groups excluding tert-OH is 1. The third kappa shape index (κ3) is 4.04. The molecule has 0 saturated heterocycles. The number of rotatable bonds is 4. The van der Waals surface area contributed by atoms with Crippen molar-refractivity contribution >= 4 is 11.0 Å². The quantitative estimate of drug-likeness (QED) is 0.585. The summed E-state index contributed by atoms with van der Waals surface area (Å²) in [6, 6.07) is 11.9. The molecule has 4 heteroatoms. The number of fused-ring (bicyclic) bond motifs is 1. The monoisotopic (exact) mass is 394 g/mol. The predicted molar refractivity (Wildman–Crippen MR) is 120 cm³/mol. The zero-order valence-electron chi connectivity index (χ0n) is 18.7. The first-order valence-corrected chi connectivity index (χ1v) is 10.5. The lowest BCUT2D eigenvalue weighted by molar-refractivity contribution is 0.204. The minimum absolute atomic E-state index is 0.247. The molecular weight excluding hydrogens is 360 g/mol. The molecule has 29 heavy (non-hydrogen) atoms. The van der Waals surface area contributed by atoms with E-state index in [1.165, 1.54) is 0 Å². The SMILES string of the molecule is CCCn1c([C@@H](O)c2cc(C(C)(C)C)c(O)c(C(C)(C)C)c2)nc2ccccc21. The molecule has 156 valence electrons. The van der Waals surface area contributed by atoms with Gasteiger partial charge in [0, 0.05) is 6.54 Å². The van der Waals surface area contributed by atoms with Gasteiger partial charge in [-0.05, 0) is 58.2 Å². The Balaban J connectivity index is 2.23. The molecule has 1 atom stereocenters. The molecule has 0 radical (unpaired) electrons. The number of aliphatic hydroxyl groups is 1. The van der Waals surface area contributed by atoms with Gasteiger partial charge in [-0.25, -0.2) is 4.98 Å². The minimum atomic E-state index is -0.864. The van der Waals surface area contributed by atoms with Gasteiger partial charge in [-0.3, -0.25) is 0 Å². The maximum atomic E-state index is 11.4. The van der Waals surface area contributed by atoms with Crippen LogP contribution < -0.4 is 0 Å². The number of phenolic OH excluding ortho intramolecular Hbond substituents is 1. The van der Waals surface area contributed by atoms with E-state index in [1.807, 2.05) is 36.4 Å². The summed E-state index contributed by atoms with van der Waals surface area (Å²) < 4.78 is 2.11. The van der Waals surface area contributed by atoms with Crippen LogP contribution in [0.4, 0.5) is 0 Å². The highest BCUT2D eigenvalue weighted by molar-refractivity contribution is 5.76. The topological polar surface area (TPSA) is 58.3 Å². The number of hydrogen-bond donors (Lipinski definition) is 2. The molecule has 2 aromatic carbocycles. The van der Waals surface area contributed by atoms with Crippen LogP contribution in [0.3, 0.4) is 0 Å². The van der Waals surface area contributed by atoms with Gasteiger partial charge < -0.3 is 14.8 Å². The van der Waals surface area contributed by atoms with Gasteiger partial charge in [-0.1, -0.05) is 60.6 Å². The first-order valence-electron chi connectivity index (χ1n) is 10.5. The molecule has 0 aliphatic rings. The van der Waals surface area contributed by atoms with Crippen molar-refractivity contribution in [3.63, 3.8) is 0 Å². The molecule has 0 unspecified atom stereocenters. The molecule has 4 nitrogen and oxygen atoms in total. The second-order valence-electron chi connectivity index (χ2n) is 9.98. The summed E-state index contributed by atoms with van der Waals surface area (Å²) in [5.41, 5.74) is 3.89. The van der Waals surface area contributed by atoms with Crippen molar-refractivity contribution in [2.75, 3.05) is 0 Å². The first kappa shape index (κ1) is 21.4. The fourth-order valence-electron chi connectivity index (χ4n) is 3.87. The number of imidazole rings is 1. The molecule has 0 amide bonds. The van der Waals surface area contributed by atoms with E-state index in [0.29, 0.717) is 11.6 Å². The predicted octanol–water partition coefficient (Wildman–Crippen LogP) is 5.83. The summed E-state index contributed by atoms with van der Waals surface area (Å²) in [6.45, 7) is 15.4. The Morgan fingerprint density at radius 3 is 2.03 bits per heavy atom. The minimum Gasteiger partial charge on any atom is -0.507 e. The lowest BCUT2D eigenvalue weighted by Gasteiger charge is -2.29. The standard InChI is InChI=1S/C25H34N2O2/c1-8-13-27-20-12-10-9-11-19(20)26-23(27)21(28)16-14-17(24(2,3)4)22(29)18(15-16)25(5,6)7/h9-12,14-15,21,28-29H,8,13H2,1-7H3/t21-/m0/s1. The van der Waals surface area contributed by atoms with Crippen molar-refractivity contribution in [3.8, 4) is 5.75 Å². The Morgan fingerprint density at radius 1 is 0.966 bits per heavy atom. The van der Waals surface area contributed by atoms with Crippen LogP contribution in [0.15, 0.2) is 36.4 Å². The van der Waals surface area contributed by atoms with E-state index >= 15 is 0 Å². The highest BCUT2D eigenvalue weighted by Crippen LogP contribution is 2.41. The summed E-state index contributed by atoms with van der Waals surface area (Å²) in [7, 11) is 0. The number of hydrogen-bond acceptors (Lipinski definition) is 3. The van der Waals surface area contributed by atoms with Gasteiger partial charge in [0.05, 0.1) is 11.0 Å². The molecule has 1 heterocycles. The smallest absolute Gasteiger partial charge is 0.143 e. The zero-order valence-corrected chi connectivity index (χ0v) is 18.7. The second kappa shape index (κ2) is 7.49. The number of nitrogens with zero attached hydrogens (tertiary/aromatic N) is 2. The molecular formula is C25H34N2O2. The third-order valence-corrected chi connectivity index (χ3v) is 5.44. The summed E-state index contributed by atoms with van der Waals surface area (Å²) in [4.78, 5) is 4.76. The maximum absolute atomic E-state index is 11.4. The van der Waals surface area contributed by atoms with Crippen molar-refractivity contribution < 1.29 is 10.2 Å². The first-order chi connectivity index (χ1) is 13.4. The highest BCUT2D eigenvalue weighted by Gasteiger charge is 2.29. The lowest BCUT2D eigenvalue weighted by atomic mass is 9.78. The van der Waals surface area contributed by atoms with Gasteiger partial charge >= 0.3 is 0 Å². The van der Waals surface area contributed by atoms with E-state index in [0.717, 1.165) is 40.7 Å². The molecule has 0 fully saturated rings. The molecule has 0 aliphatic carbocycles. The van der Waals surface area contributed by atoms with Gasteiger partial charge in [-0.2, -0.15) is 0 Å². The summed E-state index contributed by atoms with van der Waals surface area (Å²) in [5.74, 6) is 0.974. The summed E-state index contributed by atoms with van der Waals surface area (Å²) in [6.07, 6.45) is 0.0904. The number of aromatic nitrogens is 2. The fourth-order valence-corrected chi connectivity index (χ4v) is 3.87. The van der Waals surface area contributed by atoms with Crippen molar-refractivity contribution in [2.24, 2.45) is 0 Å². The second-order valence-corrected chi connectivity index (χ2v) is 9.98. The number of phenols is 1. The number of aromatic hydroxyl groups is 1. The van der Waals surface area contributed by atoms with E-state index in [-0.39, 0.29) is 10.8 Å². The van der Waals surface area contributed by atoms with Crippen LogP contribution in [0.5, 0.6) is 5.75 Å². The van der Waals surface area contributed by atoms with Crippen LogP contribution in [0.25, 0.3) is 11.0 Å². The van der Waals surface area contributed by atoms with Crippen LogP contribution in [0.1, 0.15) is 83.5 Å². The van der Waals surface area contributed by atoms with Crippen LogP contribution >= 0.6 is 0 Å². The number of benzene rings is 2. The van der Waals surface area contributed by atoms with Crippen molar-refractivity contribution in [3.05, 3.63) is 58.9 Å². The lowest BCUT2D eigenvalue weighted by Crippen LogP contribution is -2.19. The summed E-state index contributed by atoms with van der Waals surface area (Å²) in [5, 5.41) is 22.4. The average molecular weight is 395 g/mol. The van der Waals surface area contributed by atoms with Crippen LogP contribution in [0, 0.1) is 0 Å². The van der Waals surface area contributed by atoms with Gasteiger partial charge in [0.1, 0.15) is 17.7 Å². The molecule has 3 aromatic rings. The van der Waals surface area contributed by atoms with Crippen molar-refractivity contribution in [2.45, 2.75) is 78.4 Å². The maximum Gasteiger partial charge on any atom is 0.143 e. The highest BCUT2D eigenvalue weighted by atomic mass is 16.3. The molecule has 1 aromatic heterocycles. The van der Waals surface area contributed by atoms with E-state index in [9.17, 15) is 10.2 Å². The Kier molecular flexibility index (Phi) is 5.52. The van der Waals surface area contributed by atoms with Crippen molar-refractivity contribution in [1.82, 2.24) is 9.55 Å². The largest absolute Gasteiger partial charge is 0.507 e. The molecule has 2 N–H and O–H groups in total. The molecule has 0 saturated carbocycles. The Labute approximate surface area is 174 Å². The van der Waals surface area contributed by atoms with Gasteiger partial charge in [0.2, 0.25) is 0 Å². The van der Waals surface area contributed by atoms with Gasteiger partial charge in [0.15, 0.2) is 0 Å². The van der Waals surface area contributed by atoms with Crippen LogP contribution in [-0.2, 0) is 17.4 Å². The number of para-hydroxylation sites is 2. The Bertz CT molecular complexity index is 984. The normalized spacial score (nSPS) is 13.8. The van der Waals surface area contributed by atoms with E-state index in [4.69, 9.17) is 4.98 Å². The number of aryl methyl sites for hydroxylation is 1. The third-order valence-electron chi connectivity index (χ3n) is 5.44. The average Bonchev–Trinajstić information content (AvgIpc) is 2.98. The van der Waals surface area contributed by atoms with E-state index in [2.05, 4.69) is 53.0 Å². The van der Waals surface area contributed by atoms with Gasteiger partial charge in [-0.15, -0.1) is 0 Å². The Morgan fingerprint density at radius 2 is 1.52 bits per heavy atom. The van der Waals surface area contributed by atoms with Gasteiger partial charge in [0.25, 0.3) is 0 Å². The fraction of sp³-hybridized carbons (Fsp3) is 0.480. The zero-order chi connectivity index (χ0) is 21.6. The van der Waals surface area contributed by atoms with Crippen molar-refractivity contribution in [1.29, 1.82) is 0 Å². The molecule has 0 aliphatic heterocycles. The van der Waals surface area contributed by atoms with Crippen LogP contribution in [-0.4, -0.2) is 19.8 Å². The molecule has 0 spiro atoms. The van der Waals surface area contributed by atoms with E-state index < -0.39 is 6.10 Å². The van der Waals surface area contributed by atoms with E-state index in [1.54, 1.807) is 0 Å². The van der Waals surface area contributed by atoms with Crippen LogP contribution in [0.2, 0.25) is 0 Å². The molecule has 3 rings (SSSR count). The Hall–Kier alpha value is -2.33. The molecule has 0 bridgehead atoms. The summed E-state index contributed by atoms with van der Waals surface area (Å²) >= 11 is 0.